The molecule has 0 spiro atoms. The van der Waals surface area contributed by atoms with E-state index in [-0.39, 0.29) is 15.5 Å². The Morgan fingerprint density at radius 1 is 0.867 bits per heavy atom. The van der Waals surface area contributed by atoms with Gasteiger partial charge < -0.3 is 8.85 Å². The second kappa shape index (κ2) is 10.3. The first-order valence-electron chi connectivity index (χ1n) is 12.3. The van der Waals surface area contributed by atoms with Gasteiger partial charge in [0.1, 0.15) is 5.78 Å². The van der Waals surface area contributed by atoms with Crippen LogP contribution in [0.5, 0.6) is 0 Å². The minimum absolute atomic E-state index is 0.0590. The SMILES string of the molecule is CCC(=O)C1(CCCO[Si](C)(C)C(C)(C)C)CC(CCCO[Si](C)(C)C(C)(C)C)C1. The molecule has 0 atom stereocenters. The Labute approximate surface area is 190 Å². The van der Waals surface area contributed by atoms with Crippen molar-refractivity contribution in [3.05, 3.63) is 0 Å². The van der Waals surface area contributed by atoms with Crippen molar-refractivity contribution in [1.82, 2.24) is 0 Å². The zero-order chi connectivity index (χ0) is 23.4. The molecule has 0 heterocycles. The fourth-order valence-corrected chi connectivity index (χ4v) is 6.24. The highest BCUT2D eigenvalue weighted by atomic mass is 28.4. The molecule has 0 aromatic heterocycles. The third kappa shape index (κ3) is 7.28. The van der Waals surface area contributed by atoms with Crippen LogP contribution in [0.25, 0.3) is 0 Å². The van der Waals surface area contributed by atoms with Crippen LogP contribution in [-0.4, -0.2) is 35.6 Å². The molecule has 0 aromatic rings. The Hall–Kier alpha value is 0.0238. The summed E-state index contributed by atoms with van der Waals surface area (Å²) in [5.41, 5.74) is -0.0590. The molecule has 1 fully saturated rings. The van der Waals surface area contributed by atoms with Gasteiger partial charge in [0, 0.05) is 25.0 Å². The summed E-state index contributed by atoms with van der Waals surface area (Å²) >= 11 is 0. The highest BCUT2D eigenvalue weighted by Crippen LogP contribution is 2.52. The van der Waals surface area contributed by atoms with Crippen LogP contribution >= 0.6 is 0 Å². The molecule has 30 heavy (non-hydrogen) atoms. The number of Topliss-reactive ketones (excluding diaryl/α,β-unsaturated/α-hetero) is 1. The number of hydrogen-bond acceptors (Lipinski definition) is 3. The molecule has 1 rings (SSSR count). The van der Waals surface area contributed by atoms with Crippen LogP contribution in [0.4, 0.5) is 0 Å². The lowest BCUT2D eigenvalue weighted by Crippen LogP contribution is -2.45. The molecular formula is C25H52O3Si2. The summed E-state index contributed by atoms with van der Waals surface area (Å²) < 4.78 is 12.7. The third-order valence-corrected chi connectivity index (χ3v) is 17.4. The maximum Gasteiger partial charge on any atom is 0.191 e. The molecular weight excluding hydrogens is 404 g/mol. The van der Waals surface area contributed by atoms with Crippen LogP contribution < -0.4 is 0 Å². The van der Waals surface area contributed by atoms with Gasteiger partial charge in [0.05, 0.1) is 0 Å². The lowest BCUT2D eigenvalue weighted by atomic mass is 9.56. The Morgan fingerprint density at radius 2 is 1.30 bits per heavy atom. The van der Waals surface area contributed by atoms with Crippen molar-refractivity contribution in [1.29, 1.82) is 0 Å². The Kier molecular flexibility index (Phi) is 9.64. The van der Waals surface area contributed by atoms with Crippen molar-refractivity contribution < 1.29 is 13.6 Å². The summed E-state index contributed by atoms with van der Waals surface area (Å²) in [5, 5.41) is 0.524. The average molecular weight is 457 g/mol. The molecule has 1 aliphatic carbocycles. The summed E-state index contributed by atoms with van der Waals surface area (Å²) in [6.07, 6.45) is 7.19. The first kappa shape index (κ1) is 28.1. The van der Waals surface area contributed by atoms with Crippen molar-refractivity contribution in [2.75, 3.05) is 13.2 Å². The van der Waals surface area contributed by atoms with Gasteiger partial charge in [-0.3, -0.25) is 4.79 Å². The molecule has 3 nitrogen and oxygen atoms in total. The Balaban J connectivity index is 2.43. The van der Waals surface area contributed by atoms with Gasteiger partial charge in [0.2, 0.25) is 0 Å². The highest BCUT2D eigenvalue weighted by Gasteiger charge is 2.48. The second-order valence-electron chi connectivity index (χ2n) is 12.8. The van der Waals surface area contributed by atoms with E-state index >= 15 is 0 Å². The quantitative estimate of drug-likeness (QED) is 0.221. The lowest BCUT2D eigenvalue weighted by Gasteiger charge is -2.47. The van der Waals surface area contributed by atoms with Gasteiger partial charge in [0.25, 0.3) is 0 Å². The first-order valence-corrected chi connectivity index (χ1v) is 18.1. The summed E-state index contributed by atoms with van der Waals surface area (Å²) in [4.78, 5) is 12.7. The predicted molar refractivity (Wildman–Crippen MR) is 135 cm³/mol. The Morgan fingerprint density at radius 3 is 1.70 bits per heavy atom. The molecule has 0 aliphatic heterocycles. The van der Waals surface area contributed by atoms with Crippen molar-refractivity contribution >= 4 is 22.4 Å². The van der Waals surface area contributed by atoms with Crippen molar-refractivity contribution in [2.24, 2.45) is 11.3 Å². The first-order chi connectivity index (χ1) is 13.5. The Bertz CT molecular complexity index is 550. The van der Waals surface area contributed by atoms with E-state index in [0.29, 0.717) is 18.1 Å². The van der Waals surface area contributed by atoms with E-state index in [1.165, 1.54) is 6.42 Å². The van der Waals surface area contributed by atoms with Gasteiger partial charge in [-0.05, 0) is 80.7 Å². The van der Waals surface area contributed by atoms with Crippen LogP contribution in [0.2, 0.25) is 36.3 Å². The van der Waals surface area contributed by atoms with E-state index in [1.807, 2.05) is 6.92 Å². The zero-order valence-corrected chi connectivity index (χ0v) is 24.2. The fourth-order valence-electron chi connectivity index (χ4n) is 4.07. The predicted octanol–water partition coefficient (Wildman–Crippen LogP) is 7.97. The smallest absolute Gasteiger partial charge is 0.191 e. The van der Waals surface area contributed by atoms with Crippen LogP contribution in [0, 0.1) is 11.3 Å². The number of rotatable bonds is 12. The van der Waals surface area contributed by atoms with E-state index in [2.05, 4.69) is 67.7 Å². The number of ketones is 1. The average Bonchev–Trinajstić information content (AvgIpc) is 2.55. The summed E-state index contributed by atoms with van der Waals surface area (Å²) in [6.45, 7) is 26.7. The van der Waals surface area contributed by atoms with E-state index in [9.17, 15) is 4.79 Å². The fraction of sp³-hybridized carbons (Fsp3) is 0.960. The molecule has 0 bridgehead atoms. The van der Waals surface area contributed by atoms with Crippen LogP contribution in [0.1, 0.15) is 93.4 Å². The van der Waals surface area contributed by atoms with Gasteiger partial charge >= 0.3 is 0 Å². The van der Waals surface area contributed by atoms with Gasteiger partial charge in [0.15, 0.2) is 16.6 Å². The highest BCUT2D eigenvalue weighted by molar-refractivity contribution is 6.74. The number of hydrogen-bond donors (Lipinski definition) is 0. The standard InChI is InChI=1S/C25H52O3Si2/c1-12-22(26)25(16-14-18-28-30(10,11)24(5,6)7)19-21(20-25)15-13-17-27-29(8,9)23(2,3)4/h21H,12-20H2,1-11H3. The van der Waals surface area contributed by atoms with Gasteiger partial charge in [-0.15, -0.1) is 0 Å². The van der Waals surface area contributed by atoms with Crippen molar-refractivity contribution in [3.8, 4) is 0 Å². The molecule has 1 saturated carbocycles. The monoisotopic (exact) mass is 456 g/mol. The molecule has 178 valence electrons. The van der Waals surface area contributed by atoms with E-state index in [0.717, 1.165) is 45.3 Å². The maximum absolute atomic E-state index is 12.7. The minimum Gasteiger partial charge on any atom is -0.417 e. The molecule has 0 unspecified atom stereocenters. The van der Waals surface area contributed by atoms with Crippen LogP contribution in [0.3, 0.4) is 0 Å². The normalized spacial score (nSPS) is 23.4. The number of carbonyl (C=O) groups is 1. The summed E-state index contributed by atoms with van der Waals surface area (Å²) in [6, 6.07) is 0. The molecule has 0 radical (unpaired) electrons. The molecule has 0 amide bonds. The van der Waals surface area contributed by atoms with E-state index < -0.39 is 16.6 Å². The lowest BCUT2D eigenvalue weighted by molar-refractivity contribution is -0.138. The molecule has 0 aromatic carbocycles. The summed E-state index contributed by atoms with van der Waals surface area (Å²) in [7, 11) is -3.33. The van der Waals surface area contributed by atoms with E-state index in [4.69, 9.17) is 8.85 Å². The number of carbonyl (C=O) groups excluding carboxylic acids is 1. The molecule has 5 heteroatoms. The van der Waals surface area contributed by atoms with Crippen molar-refractivity contribution in [2.45, 2.75) is 130 Å². The third-order valence-electron chi connectivity index (χ3n) is 8.37. The van der Waals surface area contributed by atoms with Gasteiger partial charge in [-0.2, -0.15) is 0 Å². The van der Waals surface area contributed by atoms with E-state index in [1.54, 1.807) is 0 Å². The largest absolute Gasteiger partial charge is 0.417 e. The molecule has 0 N–H and O–H groups in total. The minimum atomic E-state index is -1.69. The van der Waals surface area contributed by atoms with Crippen LogP contribution in [0.15, 0.2) is 0 Å². The second-order valence-corrected chi connectivity index (χ2v) is 22.4. The maximum atomic E-state index is 12.7. The summed E-state index contributed by atoms with van der Waals surface area (Å²) in [5.74, 6) is 1.17. The topological polar surface area (TPSA) is 35.5 Å². The van der Waals surface area contributed by atoms with Gasteiger partial charge in [-0.1, -0.05) is 48.5 Å². The zero-order valence-electron chi connectivity index (χ0n) is 22.2. The van der Waals surface area contributed by atoms with Crippen molar-refractivity contribution in [3.63, 3.8) is 0 Å². The molecule has 1 aliphatic rings. The molecule has 0 saturated heterocycles. The van der Waals surface area contributed by atoms with Crippen LogP contribution in [-0.2, 0) is 13.6 Å². The van der Waals surface area contributed by atoms with Gasteiger partial charge in [-0.25, -0.2) is 0 Å².